The van der Waals surface area contributed by atoms with Gasteiger partial charge in [-0.2, -0.15) is 13.2 Å². The molecule has 21 heavy (non-hydrogen) atoms. The Morgan fingerprint density at radius 2 is 1.86 bits per heavy atom. The van der Waals surface area contributed by atoms with E-state index in [1.807, 2.05) is 13.8 Å². The maximum Gasteiger partial charge on any atom is 0.434 e. The summed E-state index contributed by atoms with van der Waals surface area (Å²) in [5.74, 6) is -1.64. The van der Waals surface area contributed by atoms with E-state index >= 15 is 0 Å². The molecule has 9 heteroatoms. The van der Waals surface area contributed by atoms with Crippen LogP contribution in [0.3, 0.4) is 0 Å². The molecule has 1 rings (SSSR count). The fourth-order valence-corrected chi connectivity index (χ4v) is 1.77. The second-order valence-corrected chi connectivity index (χ2v) is 4.24. The van der Waals surface area contributed by atoms with E-state index in [4.69, 9.17) is 0 Å². The van der Waals surface area contributed by atoms with E-state index in [0.717, 1.165) is 20.1 Å². The largest absolute Gasteiger partial charge is 0.464 e. The van der Waals surface area contributed by atoms with Crippen LogP contribution in [0, 0.1) is 0 Å². The van der Waals surface area contributed by atoms with Gasteiger partial charge in [0.25, 0.3) is 0 Å². The Morgan fingerprint density at radius 3 is 2.24 bits per heavy atom. The van der Waals surface area contributed by atoms with Crippen molar-refractivity contribution in [1.82, 2.24) is 4.98 Å². The molecule has 0 saturated heterocycles. The highest BCUT2D eigenvalue weighted by Gasteiger charge is 2.37. The van der Waals surface area contributed by atoms with Gasteiger partial charge in [0.15, 0.2) is 11.4 Å². The van der Waals surface area contributed by atoms with Crippen LogP contribution in [0.2, 0.25) is 0 Å². The number of aromatic nitrogens is 1. The van der Waals surface area contributed by atoms with Gasteiger partial charge in [0.1, 0.15) is 0 Å². The van der Waals surface area contributed by atoms with E-state index in [-0.39, 0.29) is 5.69 Å². The normalized spacial score (nSPS) is 10.3. The molecule has 0 bridgehead atoms. The molecule has 1 amide bonds. The molecule has 0 saturated carbocycles. The molecule has 118 valence electrons. The first-order valence-electron chi connectivity index (χ1n) is 5.80. The third-order valence-corrected chi connectivity index (χ3v) is 2.54. The number of amides is 1. The van der Waals surface area contributed by atoms with Crippen molar-refractivity contribution in [3.8, 4) is 0 Å². The van der Waals surface area contributed by atoms with E-state index in [0.29, 0.717) is 0 Å². The SMILES string of the molecule is CC.COC(=O)c1nc(C(F)(F)F)c(Br)cc1NC(C)=O. The number of rotatable bonds is 2. The molecule has 0 unspecified atom stereocenters. The molecule has 0 aromatic carbocycles. The molecule has 1 aromatic heterocycles. The molecular weight excluding hydrogens is 357 g/mol. The predicted molar refractivity (Wildman–Crippen MR) is 73.9 cm³/mol. The van der Waals surface area contributed by atoms with Gasteiger partial charge < -0.3 is 10.1 Å². The van der Waals surface area contributed by atoms with Gasteiger partial charge in [0, 0.05) is 6.92 Å². The van der Waals surface area contributed by atoms with E-state index in [1.54, 1.807) is 0 Å². The topological polar surface area (TPSA) is 68.3 Å². The first-order chi connectivity index (χ1) is 9.66. The number of nitrogens with one attached hydrogen (secondary N) is 1. The summed E-state index contributed by atoms with van der Waals surface area (Å²) in [6.07, 6.45) is -4.74. The number of hydrogen-bond acceptors (Lipinski definition) is 4. The first-order valence-corrected chi connectivity index (χ1v) is 6.59. The highest BCUT2D eigenvalue weighted by atomic mass is 79.9. The van der Waals surface area contributed by atoms with Crippen LogP contribution >= 0.6 is 15.9 Å². The zero-order valence-corrected chi connectivity index (χ0v) is 13.3. The lowest BCUT2D eigenvalue weighted by Crippen LogP contribution is -2.18. The highest BCUT2D eigenvalue weighted by Crippen LogP contribution is 2.35. The standard InChI is InChI=1S/C10H8BrF3N2O3.C2H6/c1-4(17)15-6-3-5(11)8(10(12,13)14)16-7(6)9(18)19-2;1-2/h3H,1-2H3,(H,15,17);1-2H3. The van der Waals surface area contributed by atoms with Crippen molar-refractivity contribution < 1.29 is 27.5 Å². The number of esters is 1. The number of alkyl halides is 3. The summed E-state index contributed by atoms with van der Waals surface area (Å²) >= 11 is 2.69. The van der Waals surface area contributed by atoms with Crippen LogP contribution in [0.4, 0.5) is 18.9 Å². The van der Waals surface area contributed by atoms with Crippen LogP contribution in [0.25, 0.3) is 0 Å². The minimum Gasteiger partial charge on any atom is -0.464 e. The summed E-state index contributed by atoms with van der Waals surface area (Å²) in [5, 5.41) is 2.21. The molecule has 0 aliphatic rings. The monoisotopic (exact) mass is 370 g/mol. The van der Waals surface area contributed by atoms with Gasteiger partial charge in [-0.3, -0.25) is 4.79 Å². The number of nitrogens with zero attached hydrogens (tertiary/aromatic N) is 1. The van der Waals surface area contributed by atoms with E-state index in [9.17, 15) is 22.8 Å². The molecule has 5 nitrogen and oxygen atoms in total. The Labute approximate surface area is 128 Å². The van der Waals surface area contributed by atoms with Crippen molar-refractivity contribution in [2.45, 2.75) is 26.9 Å². The molecule has 0 spiro atoms. The van der Waals surface area contributed by atoms with Gasteiger partial charge in [-0.1, -0.05) is 13.8 Å². The smallest absolute Gasteiger partial charge is 0.434 e. The molecule has 0 aliphatic carbocycles. The molecule has 0 atom stereocenters. The van der Waals surface area contributed by atoms with Crippen molar-refractivity contribution >= 4 is 33.5 Å². The zero-order chi connectivity index (χ0) is 16.8. The number of halogens is 4. The lowest BCUT2D eigenvalue weighted by atomic mass is 10.2. The Bertz CT molecular complexity index is 533. The van der Waals surface area contributed by atoms with Crippen LogP contribution in [-0.2, 0) is 15.7 Å². The third kappa shape index (κ3) is 5.33. The van der Waals surface area contributed by atoms with Crippen molar-refractivity contribution in [3.63, 3.8) is 0 Å². The van der Waals surface area contributed by atoms with Crippen molar-refractivity contribution in [2.24, 2.45) is 0 Å². The lowest BCUT2D eigenvalue weighted by molar-refractivity contribution is -0.141. The quantitative estimate of drug-likeness (QED) is 0.807. The van der Waals surface area contributed by atoms with Gasteiger partial charge >= 0.3 is 12.1 Å². The second-order valence-electron chi connectivity index (χ2n) is 3.39. The molecular formula is C12H14BrF3N2O3. The summed E-state index contributed by atoms with van der Waals surface area (Å²) in [7, 11) is 0.997. The maximum atomic E-state index is 12.7. The van der Waals surface area contributed by atoms with Gasteiger partial charge in [-0.15, -0.1) is 0 Å². The van der Waals surface area contributed by atoms with Crippen LogP contribution in [0.5, 0.6) is 0 Å². The minimum atomic E-state index is -4.74. The Kier molecular flexibility index (Phi) is 7.34. The Balaban J connectivity index is 0.00000191. The van der Waals surface area contributed by atoms with Crippen molar-refractivity contribution in [2.75, 3.05) is 12.4 Å². The van der Waals surface area contributed by atoms with E-state index in [2.05, 4.69) is 31.0 Å². The number of carbonyl (C=O) groups excluding carboxylic acids is 2. The Morgan fingerprint density at radius 1 is 1.33 bits per heavy atom. The number of hydrogen-bond donors (Lipinski definition) is 1. The summed E-state index contributed by atoms with van der Waals surface area (Å²) in [5.41, 5.74) is -2.06. The number of carbonyl (C=O) groups is 2. The fourth-order valence-electron chi connectivity index (χ4n) is 1.22. The minimum absolute atomic E-state index is 0.167. The molecule has 1 N–H and O–H groups in total. The summed E-state index contributed by atoms with van der Waals surface area (Å²) in [6, 6.07) is 0.948. The molecule has 0 radical (unpaired) electrons. The zero-order valence-electron chi connectivity index (χ0n) is 11.8. The van der Waals surface area contributed by atoms with E-state index < -0.39 is 33.9 Å². The average molecular weight is 371 g/mol. The van der Waals surface area contributed by atoms with Gasteiger partial charge in [0.2, 0.25) is 5.91 Å². The number of methoxy groups -OCH3 is 1. The highest BCUT2D eigenvalue weighted by molar-refractivity contribution is 9.10. The average Bonchev–Trinajstić information content (AvgIpc) is 2.38. The summed E-state index contributed by atoms with van der Waals surface area (Å²) < 4.78 is 41.9. The van der Waals surface area contributed by atoms with Crippen LogP contribution in [0.15, 0.2) is 10.5 Å². The summed E-state index contributed by atoms with van der Waals surface area (Å²) in [6.45, 7) is 5.15. The molecule has 1 heterocycles. The van der Waals surface area contributed by atoms with Crippen molar-refractivity contribution in [1.29, 1.82) is 0 Å². The number of ether oxygens (including phenoxy) is 1. The third-order valence-electron chi connectivity index (χ3n) is 1.93. The fraction of sp³-hybridized carbons (Fsp3) is 0.417. The van der Waals surface area contributed by atoms with Gasteiger partial charge in [-0.25, -0.2) is 9.78 Å². The van der Waals surface area contributed by atoms with Crippen molar-refractivity contribution in [3.05, 3.63) is 21.9 Å². The Hall–Kier alpha value is -1.64. The number of anilines is 1. The van der Waals surface area contributed by atoms with Gasteiger partial charge in [0.05, 0.1) is 17.3 Å². The lowest BCUT2D eigenvalue weighted by Gasteiger charge is -2.13. The molecule has 1 aromatic rings. The van der Waals surface area contributed by atoms with E-state index in [1.165, 1.54) is 0 Å². The van der Waals surface area contributed by atoms with Crippen LogP contribution < -0.4 is 5.32 Å². The predicted octanol–water partition coefficient (Wildman–Crippen LogP) is 3.63. The first kappa shape index (κ1) is 19.4. The maximum absolute atomic E-state index is 12.7. The van der Waals surface area contributed by atoms with Crippen LogP contribution in [0.1, 0.15) is 37.0 Å². The van der Waals surface area contributed by atoms with Gasteiger partial charge in [-0.05, 0) is 22.0 Å². The summed E-state index contributed by atoms with van der Waals surface area (Å²) in [4.78, 5) is 25.5. The molecule has 0 aliphatic heterocycles. The van der Waals surface area contributed by atoms with Crippen LogP contribution in [-0.4, -0.2) is 24.0 Å². The number of pyridine rings is 1. The second kappa shape index (κ2) is 7.96. The molecule has 0 fully saturated rings.